The number of halogens is 1. The molecule has 20 heavy (non-hydrogen) atoms. The van der Waals surface area contributed by atoms with E-state index in [2.05, 4.69) is 5.32 Å². The first-order valence-electron chi connectivity index (χ1n) is 6.50. The summed E-state index contributed by atoms with van der Waals surface area (Å²) < 4.78 is 12.9. The van der Waals surface area contributed by atoms with Gasteiger partial charge in [-0.25, -0.2) is 4.39 Å². The molecular formula is C16H14FNO2. The maximum absolute atomic E-state index is 12.9. The van der Waals surface area contributed by atoms with Crippen LogP contribution in [0.5, 0.6) is 0 Å². The van der Waals surface area contributed by atoms with Crippen molar-refractivity contribution >= 4 is 11.6 Å². The zero-order valence-electron chi connectivity index (χ0n) is 10.8. The fraction of sp³-hybridized carbons (Fsp3) is 0.188. The molecule has 1 unspecified atom stereocenters. The van der Waals surface area contributed by atoms with Gasteiger partial charge in [0.25, 0.3) is 0 Å². The fourth-order valence-electron chi connectivity index (χ4n) is 2.41. The van der Waals surface area contributed by atoms with Gasteiger partial charge in [0.15, 0.2) is 0 Å². The summed E-state index contributed by atoms with van der Waals surface area (Å²) in [6, 6.07) is 11.3. The molecule has 0 saturated heterocycles. The highest BCUT2D eigenvalue weighted by Crippen LogP contribution is 2.29. The number of rotatable bonds is 2. The molecule has 0 radical (unpaired) electrons. The van der Waals surface area contributed by atoms with Gasteiger partial charge in [0.05, 0.1) is 0 Å². The Balaban J connectivity index is 1.90. The van der Waals surface area contributed by atoms with Crippen LogP contribution in [0.2, 0.25) is 0 Å². The molecular weight excluding hydrogens is 257 g/mol. The van der Waals surface area contributed by atoms with E-state index in [9.17, 15) is 14.3 Å². The van der Waals surface area contributed by atoms with Gasteiger partial charge in [-0.3, -0.25) is 4.79 Å². The lowest BCUT2D eigenvalue weighted by Gasteiger charge is -2.19. The molecule has 0 saturated carbocycles. The van der Waals surface area contributed by atoms with E-state index in [1.807, 2.05) is 6.07 Å². The van der Waals surface area contributed by atoms with Gasteiger partial charge in [-0.05, 0) is 41.3 Å². The minimum absolute atomic E-state index is 0.0179. The predicted octanol–water partition coefficient (Wildman–Crippen LogP) is 2.79. The second-order valence-electron chi connectivity index (χ2n) is 4.92. The minimum Gasteiger partial charge on any atom is -0.384 e. The summed E-state index contributed by atoms with van der Waals surface area (Å²) in [5.74, 6) is -0.307. The molecule has 0 spiro atoms. The van der Waals surface area contributed by atoms with Crippen molar-refractivity contribution in [3.63, 3.8) is 0 Å². The molecule has 4 heteroatoms. The Hall–Kier alpha value is -2.20. The molecule has 1 atom stereocenters. The van der Waals surface area contributed by atoms with E-state index >= 15 is 0 Å². The molecule has 2 aromatic rings. The molecule has 3 rings (SSSR count). The second-order valence-corrected chi connectivity index (χ2v) is 4.92. The summed E-state index contributed by atoms with van der Waals surface area (Å²) in [6.45, 7) is 0. The van der Waals surface area contributed by atoms with Gasteiger partial charge in [0.1, 0.15) is 11.9 Å². The molecule has 0 bridgehead atoms. The van der Waals surface area contributed by atoms with Crippen molar-refractivity contribution in [1.82, 2.24) is 0 Å². The number of fused-ring (bicyclic) bond motifs is 1. The topological polar surface area (TPSA) is 49.3 Å². The molecule has 0 aliphatic carbocycles. The summed E-state index contributed by atoms with van der Waals surface area (Å²) in [4.78, 5) is 11.3. The molecule has 1 aliphatic rings. The van der Waals surface area contributed by atoms with Crippen molar-refractivity contribution in [1.29, 1.82) is 0 Å². The Morgan fingerprint density at radius 2 is 1.75 bits per heavy atom. The number of nitrogens with one attached hydrogen (secondary N) is 1. The van der Waals surface area contributed by atoms with Gasteiger partial charge in [0, 0.05) is 12.1 Å². The van der Waals surface area contributed by atoms with Crippen LogP contribution in [0.25, 0.3) is 0 Å². The van der Waals surface area contributed by atoms with Crippen molar-refractivity contribution in [3.8, 4) is 0 Å². The van der Waals surface area contributed by atoms with Crippen LogP contribution in [0.1, 0.15) is 29.2 Å². The van der Waals surface area contributed by atoms with E-state index in [1.165, 1.54) is 12.1 Å². The van der Waals surface area contributed by atoms with E-state index in [-0.39, 0.29) is 11.7 Å². The molecule has 102 valence electrons. The van der Waals surface area contributed by atoms with Crippen LogP contribution in [-0.2, 0) is 11.2 Å². The number of aryl methyl sites for hydroxylation is 1. The fourth-order valence-corrected chi connectivity index (χ4v) is 2.41. The molecule has 0 fully saturated rings. The van der Waals surface area contributed by atoms with Crippen molar-refractivity contribution < 1.29 is 14.3 Å². The quantitative estimate of drug-likeness (QED) is 0.882. The Labute approximate surface area is 116 Å². The summed E-state index contributed by atoms with van der Waals surface area (Å²) in [5.41, 5.74) is 3.21. The lowest BCUT2D eigenvalue weighted by Crippen LogP contribution is -2.19. The van der Waals surface area contributed by atoms with Gasteiger partial charge in [-0.15, -0.1) is 0 Å². The van der Waals surface area contributed by atoms with Crippen LogP contribution in [0.3, 0.4) is 0 Å². The van der Waals surface area contributed by atoms with E-state index in [0.717, 1.165) is 16.8 Å². The maximum Gasteiger partial charge on any atom is 0.224 e. The third-order valence-corrected chi connectivity index (χ3v) is 3.53. The standard InChI is InChI=1S/C16H14FNO2/c17-13-5-1-10(2-6-13)16(20)12-3-7-14-11(9-12)4-8-15(19)18-14/h1-3,5-7,9,16,20H,4,8H2,(H,18,19). The van der Waals surface area contributed by atoms with Gasteiger partial charge >= 0.3 is 0 Å². The van der Waals surface area contributed by atoms with Crippen molar-refractivity contribution in [2.24, 2.45) is 0 Å². The Bertz CT molecular complexity index is 652. The lowest BCUT2D eigenvalue weighted by atomic mass is 9.95. The molecule has 1 heterocycles. The second kappa shape index (κ2) is 5.06. The number of hydrogen-bond acceptors (Lipinski definition) is 2. The molecule has 1 amide bonds. The summed E-state index contributed by atoms with van der Waals surface area (Å²) in [7, 11) is 0. The molecule has 2 N–H and O–H groups in total. The number of carbonyl (C=O) groups is 1. The van der Waals surface area contributed by atoms with Crippen LogP contribution in [0.4, 0.5) is 10.1 Å². The monoisotopic (exact) mass is 271 g/mol. The third kappa shape index (κ3) is 2.42. The number of benzene rings is 2. The van der Waals surface area contributed by atoms with Crippen LogP contribution >= 0.6 is 0 Å². The van der Waals surface area contributed by atoms with E-state index in [0.29, 0.717) is 18.4 Å². The number of aliphatic hydroxyl groups excluding tert-OH is 1. The first-order valence-corrected chi connectivity index (χ1v) is 6.50. The lowest BCUT2D eigenvalue weighted by molar-refractivity contribution is -0.116. The average Bonchev–Trinajstić information content (AvgIpc) is 2.47. The first kappa shape index (κ1) is 12.8. The summed E-state index contributed by atoms with van der Waals surface area (Å²) in [5, 5.41) is 13.1. The van der Waals surface area contributed by atoms with Crippen LogP contribution in [0, 0.1) is 5.82 Å². The normalized spacial score (nSPS) is 15.4. The van der Waals surface area contributed by atoms with Crippen molar-refractivity contribution in [2.45, 2.75) is 18.9 Å². The van der Waals surface area contributed by atoms with E-state index in [1.54, 1.807) is 24.3 Å². The highest BCUT2D eigenvalue weighted by Gasteiger charge is 2.17. The Kier molecular flexibility index (Phi) is 3.24. The number of aliphatic hydroxyl groups is 1. The number of carbonyl (C=O) groups excluding carboxylic acids is 1. The summed E-state index contributed by atoms with van der Waals surface area (Å²) >= 11 is 0. The average molecular weight is 271 g/mol. The van der Waals surface area contributed by atoms with Crippen molar-refractivity contribution in [3.05, 3.63) is 65.0 Å². The van der Waals surface area contributed by atoms with Crippen LogP contribution in [-0.4, -0.2) is 11.0 Å². The smallest absolute Gasteiger partial charge is 0.224 e. The molecule has 0 aromatic heterocycles. The number of hydrogen-bond donors (Lipinski definition) is 2. The SMILES string of the molecule is O=C1CCc2cc(C(O)c3ccc(F)cc3)ccc2N1. The molecule has 2 aromatic carbocycles. The number of anilines is 1. The number of amides is 1. The first-order chi connectivity index (χ1) is 9.63. The highest BCUT2D eigenvalue weighted by molar-refractivity contribution is 5.93. The van der Waals surface area contributed by atoms with Gasteiger partial charge < -0.3 is 10.4 Å². The van der Waals surface area contributed by atoms with Gasteiger partial charge in [0.2, 0.25) is 5.91 Å². The minimum atomic E-state index is -0.793. The van der Waals surface area contributed by atoms with Crippen LogP contribution < -0.4 is 5.32 Å². The summed E-state index contributed by atoms with van der Waals surface area (Å²) in [6.07, 6.45) is 0.340. The predicted molar refractivity (Wildman–Crippen MR) is 73.9 cm³/mol. The van der Waals surface area contributed by atoms with E-state index < -0.39 is 6.10 Å². The Morgan fingerprint density at radius 1 is 1.05 bits per heavy atom. The zero-order valence-corrected chi connectivity index (χ0v) is 10.8. The molecule has 3 nitrogen and oxygen atoms in total. The van der Waals surface area contributed by atoms with Gasteiger partial charge in [-0.1, -0.05) is 24.3 Å². The largest absolute Gasteiger partial charge is 0.384 e. The molecule has 1 aliphatic heterocycles. The van der Waals surface area contributed by atoms with Gasteiger partial charge in [-0.2, -0.15) is 0 Å². The zero-order chi connectivity index (χ0) is 14.1. The maximum atomic E-state index is 12.9. The van der Waals surface area contributed by atoms with Crippen LogP contribution in [0.15, 0.2) is 42.5 Å². The van der Waals surface area contributed by atoms with E-state index in [4.69, 9.17) is 0 Å². The highest BCUT2D eigenvalue weighted by atomic mass is 19.1. The third-order valence-electron chi connectivity index (χ3n) is 3.53. The Morgan fingerprint density at radius 3 is 2.50 bits per heavy atom. The van der Waals surface area contributed by atoms with Crippen molar-refractivity contribution in [2.75, 3.05) is 5.32 Å².